The maximum Gasteiger partial charge on any atom is 0.0269 e. The van der Waals surface area contributed by atoms with Crippen molar-refractivity contribution in [3.63, 3.8) is 0 Å². The third-order valence-corrected chi connectivity index (χ3v) is 4.90. The van der Waals surface area contributed by atoms with Crippen molar-refractivity contribution in [2.45, 2.75) is 65.3 Å². The van der Waals surface area contributed by atoms with E-state index in [0.29, 0.717) is 5.41 Å². The van der Waals surface area contributed by atoms with Crippen LogP contribution in [-0.4, -0.2) is 37.1 Å². The van der Waals surface area contributed by atoms with Crippen LogP contribution in [0.15, 0.2) is 0 Å². The zero-order valence-electron chi connectivity index (χ0n) is 12.7. The van der Waals surface area contributed by atoms with Gasteiger partial charge in [0.25, 0.3) is 0 Å². The SMILES string of the molecule is CC(C)(C)C1CNCCN1CCC1CCCCC1. The molecular weight excluding hydrogens is 220 g/mol. The quantitative estimate of drug-likeness (QED) is 0.829. The number of piperazine rings is 1. The fourth-order valence-electron chi connectivity index (χ4n) is 3.69. The van der Waals surface area contributed by atoms with Crippen molar-refractivity contribution in [2.75, 3.05) is 26.2 Å². The molecule has 1 saturated heterocycles. The standard InChI is InChI=1S/C16H32N2/c1-16(2,3)15-13-17-10-12-18(15)11-9-14-7-5-4-6-8-14/h14-15,17H,4-13H2,1-3H3. The van der Waals surface area contributed by atoms with Crippen molar-refractivity contribution in [3.05, 3.63) is 0 Å². The van der Waals surface area contributed by atoms with Gasteiger partial charge in [0.05, 0.1) is 0 Å². The Labute approximate surface area is 114 Å². The number of nitrogens with zero attached hydrogens (tertiary/aromatic N) is 1. The molecule has 1 aliphatic carbocycles. The van der Waals surface area contributed by atoms with Crippen LogP contribution in [0.3, 0.4) is 0 Å². The first kappa shape index (κ1) is 14.3. The van der Waals surface area contributed by atoms with Crippen LogP contribution >= 0.6 is 0 Å². The minimum Gasteiger partial charge on any atom is -0.314 e. The lowest BCUT2D eigenvalue weighted by molar-refractivity contribution is 0.0682. The lowest BCUT2D eigenvalue weighted by Crippen LogP contribution is -2.56. The Morgan fingerprint density at radius 1 is 1.11 bits per heavy atom. The summed E-state index contributed by atoms with van der Waals surface area (Å²) >= 11 is 0. The van der Waals surface area contributed by atoms with E-state index in [0.717, 1.165) is 12.0 Å². The van der Waals surface area contributed by atoms with E-state index in [4.69, 9.17) is 0 Å². The number of hydrogen-bond donors (Lipinski definition) is 1. The molecule has 1 saturated carbocycles. The summed E-state index contributed by atoms with van der Waals surface area (Å²) in [5, 5.41) is 3.57. The Morgan fingerprint density at radius 2 is 1.83 bits per heavy atom. The number of hydrogen-bond acceptors (Lipinski definition) is 2. The fourth-order valence-corrected chi connectivity index (χ4v) is 3.69. The monoisotopic (exact) mass is 252 g/mol. The molecule has 0 spiro atoms. The van der Waals surface area contributed by atoms with Crippen LogP contribution < -0.4 is 5.32 Å². The van der Waals surface area contributed by atoms with Crippen LogP contribution in [0.4, 0.5) is 0 Å². The highest BCUT2D eigenvalue weighted by Crippen LogP contribution is 2.29. The summed E-state index contributed by atoms with van der Waals surface area (Å²) < 4.78 is 0. The van der Waals surface area contributed by atoms with Gasteiger partial charge in [0.1, 0.15) is 0 Å². The highest BCUT2D eigenvalue weighted by molar-refractivity contribution is 4.88. The first-order valence-corrected chi connectivity index (χ1v) is 8.02. The maximum atomic E-state index is 3.57. The van der Waals surface area contributed by atoms with E-state index < -0.39 is 0 Å². The number of rotatable bonds is 3. The van der Waals surface area contributed by atoms with E-state index in [1.807, 2.05) is 0 Å². The Balaban J connectivity index is 1.81. The Bertz CT molecular complexity index is 238. The first-order chi connectivity index (χ1) is 8.57. The average molecular weight is 252 g/mol. The summed E-state index contributed by atoms with van der Waals surface area (Å²) in [4.78, 5) is 2.76. The lowest BCUT2D eigenvalue weighted by atomic mass is 9.83. The Morgan fingerprint density at radius 3 is 2.50 bits per heavy atom. The normalized spacial score (nSPS) is 28.5. The van der Waals surface area contributed by atoms with E-state index in [-0.39, 0.29) is 0 Å². The topological polar surface area (TPSA) is 15.3 Å². The van der Waals surface area contributed by atoms with Crippen molar-refractivity contribution in [1.29, 1.82) is 0 Å². The molecule has 2 fully saturated rings. The predicted octanol–water partition coefficient (Wildman–Crippen LogP) is 3.28. The molecule has 0 amide bonds. The van der Waals surface area contributed by atoms with E-state index >= 15 is 0 Å². The van der Waals surface area contributed by atoms with Crippen LogP contribution in [-0.2, 0) is 0 Å². The molecule has 2 aliphatic rings. The van der Waals surface area contributed by atoms with Crippen molar-refractivity contribution >= 4 is 0 Å². The molecule has 0 radical (unpaired) electrons. The Hall–Kier alpha value is -0.0800. The summed E-state index contributed by atoms with van der Waals surface area (Å²) in [7, 11) is 0. The largest absolute Gasteiger partial charge is 0.314 e. The summed E-state index contributed by atoms with van der Waals surface area (Å²) in [5.41, 5.74) is 0.403. The van der Waals surface area contributed by atoms with Gasteiger partial charge in [0.15, 0.2) is 0 Å². The van der Waals surface area contributed by atoms with Crippen molar-refractivity contribution in [3.8, 4) is 0 Å². The predicted molar refractivity (Wildman–Crippen MR) is 78.9 cm³/mol. The van der Waals surface area contributed by atoms with Crippen molar-refractivity contribution in [2.24, 2.45) is 11.3 Å². The van der Waals surface area contributed by atoms with Gasteiger partial charge in [-0.25, -0.2) is 0 Å². The van der Waals surface area contributed by atoms with Gasteiger partial charge in [0.2, 0.25) is 0 Å². The highest BCUT2D eigenvalue weighted by Gasteiger charge is 2.32. The highest BCUT2D eigenvalue weighted by atomic mass is 15.2. The second kappa shape index (κ2) is 6.38. The van der Waals surface area contributed by atoms with E-state index in [9.17, 15) is 0 Å². The second-order valence-electron chi connectivity index (χ2n) is 7.41. The zero-order valence-corrected chi connectivity index (χ0v) is 12.7. The molecule has 2 nitrogen and oxygen atoms in total. The van der Waals surface area contributed by atoms with Crippen molar-refractivity contribution < 1.29 is 0 Å². The van der Waals surface area contributed by atoms with Crippen LogP contribution in [0.25, 0.3) is 0 Å². The molecule has 1 unspecified atom stereocenters. The second-order valence-corrected chi connectivity index (χ2v) is 7.41. The maximum absolute atomic E-state index is 3.57. The summed E-state index contributed by atoms with van der Waals surface area (Å²) in [6, 6.07) is 0.717. The van der Waals surface area contributed by atoms with E-state index in [2.05, 4.69) is 31.0 Å². The van der Waals surface area contributed by atoms with Gasteiger partial charge in [-0.05, 0) is 24.3 Å². The lowest BCUT2D eigenvalue weighted by Gasteiger charge is -2.44. The summed E-state index contributed by atoms with van der Waals surface area (Å²) in [6.07, 6.45) is 8.86. The van der Waals surface area contributed by atoms with E-state index in [1.165, 1.54) is 64.7 Å². The third-order valence-electron chi connectivity index (χ3n) is 4.90. The molecule has 18 heavy (non-hydrogen) atoms. The van der Waals surface area contributed by atoms with Gasteiger partial charge in [0, 0.05) is 25.7 Å². The summed E-state index contributed by atoms with van der Waals surface area (Å²) in [5.74, 6) is 1.02. The fraction of sp³-hybridized carbons (Fsp3) is 1.00. The third kappa shape index (κ3) is 3.96. The molecule has 1 aliphatic heterocycles. The average Bonchev–Trinajstić information content (AvgIpc) is 2.37. The van der Waals surface area contributed by atoms with Gasteiger partial charge in [-0.3, -0.25) is 4.90 Å². The minimum atomic E-state index is 0.403. The smallest absolute Gasteiger partial charge is 0.0269 e. The summed E-state index contributed by atoms with van der Waals surface area (Å²) in [6.45, 7) is 12.1. The van der Waals surface area contributed by atoms with Crippen LogP contribution in [0.5, 0.6) is 0 Å². The van der Waals surface area contributed by atoms with Gasteiger partial charge in [-0.1, -0.05) is 52.9 Å². The first-order valence-electron chi connectivity index (χ1n) is 8.02. The molecular formula is C16H32N2. The molecule has 2 heteroatoms. The molecule has 0 aromatic rings. The van der Waals surface area contributed by atoms with Gasteiger partial charge >= 0.3 is 0 Å². The van der Waals surface area contributed by atoms with Crippen LogP contribution in [0.1, 0.15) is 59.3 Å². The zero-order chi connectivity index (χ0) is 13.0. The molecule has 1 N–H and O–H groups in total. The van der Waals surface area contributed by atoms with Gasteiger partial charge in [-0.2, -0.15) is 0 Å². The molecule has 1 atom stereocenters. The molecule has 106 valence electrons. The molecule has 1 heterocycles. The number of nitrogens with one attached hydrogen (secondary N) is 1. The Kier molecular flexibility index (Phi) is 5.08. The molecule has 2 rings (SSSR count). The minimum absolute atomic E-state index is 0.403. The van der Waals surface area contributed by atoms with E-state index in [1.54, 1.807) is 0 Å². The van der Waals surface area contributed by atoms with Crippen LogP contribution in [0.2, 0.25) is 0 Å². The molecule has 0 bridgehead atoms. The van der Waals surface area contributed by atoms with Crippen molar-refractivity contribution in [1.82, 2.24) is 10.2 Å². The van der Waals surface area contributed by atoms with Gasteiger partial charge < -0.3 is 5.32 Å². The van der Waals surface area contributed by atoms with Gasteiger partial charge in [-0.15, -0.1) is 0 Å². The molecule has 0 aromatic carbocycles. The molecule has 0 aromatic heterocycles. The van der Waals surface area contributed by atoms with Crippen LogP contribution in [0, 0.1) is 11.3 Å².